The SMILES string of the molecule is CC1(C)c2cc(-c3ccccc3)ccc2-c2c1cc(-c1ccccc1)c1c2N(c2ccccc2)c2cc(-c3ccccc3)cc3c4ccccc4n-1c23. The molecule has 2 heterocycles. The Morgan fingerprint density at radius 2 is 1.02 bits per heavy atom. The number of hydrogen-bond donors (Lipinski definition) is 0. The van der Waals surface area contributed by atoms with Crippen LogP contribution in [0.3, 0.4) is 0 Å². The maximum absolute atomic E-state index is 2.58. The van der Waals surface area contributed by atoms with Gasteiger partial charge in [0.25, 0.3) is 0 Å². The lowest BCUT2D eigenvalue weighted by molar-refractivity contribution is 0.660. The van der Waals surface area contributed by atoms with Crippen LogP contribution in [0.4, 0.5) is 17.1 Å². The monoisotopic (exact) mass is 676 g/mol. The molecule has 1 aliphatic heterocycles. The Labute approximate surface area is 309 Å². The fourth-order valence-electron chi connectivity index (χ4n) is 9.18. The number of hydrogen-bond acceptors (Lipinski definition) is 1. The maximum atomic E-state index is 2.58. The van der Waals surface area contributed by atoms with Gasteiger partial charge in [-0.25, -0.2) is 0 Å². The van der Waals surface area contributed by atoms with Crippen molar-refractivity contribution in [3.05, 3.63) is 193 Å². The zero-order valence-electron chi connectivity index (χ0n) is 29.7. The minimum Gasteiger partial charge on any atom is -0.306 e. The molecular weight excluding hydrogens is 641 g/mol. The summed E-state index contributed by atoms with van der Waals surface area (Å²) in [5.41, 5.74) is 19.7. The summed E-state index contributed by atoms with van der Waals surface area (Å²) in [4.78, 5) is 2.57. The number of fused-ring (bicyclic) bond motifs is 9. The van der Waals surface area contributed by atoms with Crippen molar-refractivity contribution in [2.45, 2.75) is 19.3 Å². The van der Waals surface area contributed by atoms with Gasteiger partial charge in [0.05, 0.1) is 28.1 Å². The number of nitrogens with zero attached hydrogens (tertiary/aromatic N) is 2. The first-order valence-electron chi connectivity index (χ1n) is 18.5. The standard InChI is InChI=1S/C51H36N2/c1-51(2)43-30-36(33-17-7-3-8-18-33)27-28-40(43)47-44(51)32-41(35-21-11-5-12-22-35)49-50(47)52(38-23-13-6-14-24-38)46-31-37(34-19-9-4-10-20-34)29-42-39-25-15-16-26-45(39)53(49)48(42)46/h3-32H,1-2H3. The Morgan fingerprint density at radius 1 is 0.415 bits per heavy atom. The van der Waals surface area contributed by atoms with Gasteiger partial charge >= 0.3 is 0 Å². The van der Waals surface area contributed by atoms with E-state index in [1.165, 1.54) is 94.5 Å². The minimum atomic E-state index is -0.239. The maximum Gasteiger partial charge on any atom is 0.0791 e. The summed E-state index contributed by atoms with van der Waals surface area (Å²) in [7, 11) is 0. The predicted molar refractivity (Wildman–Crippen MR) is 223 cm³/mol. The van der Waals surface area contributed by atoms with E-state index in [1.54, 1.807) is 0 Å². The van der Waals surface area contributed by atoms with Crippen molar-refractivity contribution in [1.29, 1.82) is 0 Å². The van der Waals surface area contributed by atoms with E-state index in [9.17, 15) is 0 Å². The molecule has 9 aromatic rings. The quantitative estimate of drug-likeness (QED) is 0.180. The molecule has 0 radical (unpaired) electrons. The van der Waals surface area contributed by atoms with Gasteiger partial charge in [-0.15, -0.1) is 0 Å². The highest BCUT2D eigenvalue weighted by atomic mass is 15.2. The summed E-state index contributed by atoms with van der Waals surface area (Å²) in [6, 6.07) is 67.1. The third-order valence-corrected chi connectivity index (χ3v) is 11.7. The molecule has 0 unspecified atom stereocenters. The van der Waals surface area contributed by atoms with Crippen molar-refractivity contribution in [3.8, 4) is 50.2 Å². The molecule has 0 atom stereocenters. The topological polar surface area (TPSA) is 8.17 Å². The molecule has 0 N–H and O–H groups in total. The van der Waals surface area contributed by atoms with E-state index in [-0.39, 0.29) is 5.41 Å². The average molecular weight is 677 g/mol. The largest absolute Gasteiger partial charge is 0.306 e. The minimum absolute atomic E-state index is 0.239. The zero-order chi connectivity index (χ0) is 35.3. The van der Waals surface area contributed by atoms with Crippen LogP contribution in [-0.4, -0.2) is 4.57 Å². The fraction of sp³-hybridized carbons (Fsp3) is 0.0588. The van der Waals surface area contributed by atoms with Crippen LogP contribution in [0, 0.1) is 0 Å². The van der Waals surface area contributed by atoms with Crippen molar-refractivity contribution >= 4 is 38.9 Å². The van der Waals surface area contributed by atoms with Gasteiger partial charge in [-0.05, 0) is 87.0 Å². The second kappa shape index (κ2) is 11.2. The summed E-state index contributed by atoms with van der Waals surface area (Å²) < 4.78 is 2.58. The van der Waals surface area contributed by atoms with Gasteiger partial charge in [0, 0.05) is 33.0 Å². The second-order valence-corrected chi connectivity index (χ2v) is 14.9. The lowest BCUT2D eigenvalue weighted by Gasteiger charge is -2.37. The number of rotatable bonds is 4. The highest BCUT2D eigenvalue weighted by Gasteiger charge is 2.43. The number of para-hydroxylation sites is 2. The summed E-state index contributed by atoms with van der Waals surface area (Å²) in [5.74, 6) is 0. The van der Waals surface area contributed by atoms with Crippen LogP contribution >= 0.6 is 0 Å². The Hall–Kier alpha value is -6.64. The van der Waals surface area contributed by atoms with E-state index in [2.05, 4.69) is 205 Å². The van der Waals surface area contributed by atoms with E-state index in [0.29, 0.717) is 0 Å². The first-order valence-corrected chi connectivity index (χ1v) is 18.5. The van der Waals surface area contributed by atoms with Gasteiger partial charge in [0.2, 0.25) is 0 Å². The van der Waals surface area contributed by atoms with Crippen molar-refractivity contribution in [3.63, 3.8) is 0 Å². The van der Waals surface area contributed by atoms with Gasteiger partial charge < -0.3 is 9.47 Å². The van der Waals surface area contributed by atoms with E-state index < -0.39 is 0 Å². The van der Waals surface area contributed by atoms with Gasteiger partial charge in [0.1, 0.15) is 0 Å². The number of benzene rings is 8. The summed E-state index contributed by atoms with van der Waals surface area (Å²) in [6.07, 6.45) is 0. The second-order valence-electron chi connectivity index (χ2n) is 14.9. The molecule has 1 aromatic heterocycles. The molecule has 0 saturated heterocycles. The van der Waals surface area contributed by atoms with Gasteiger partial charge in [-0.2, -0.15) is 0 Å². The predicted octanol–water partition coefficient (Wildman–Crippen LogP) is 13.9. The third-order valence-electron chi connectivity index (χ3n) is 11.7. The lowest BCUT2D eigenvalue weighted by Crippen LogP contribution is -2.22. The van der Waals surface area contributed by atoms with Gasteiger partial charge in [-0.3, -0.25) is 0 Å². The molecule has 0 amide bonds. The molecule has 1 aliphatic carbocycles. The molecule has 53 heavy (non-hydrogen) atoms. The molecule has 0 saturated carbocycles. The number of anilines is 3. The first-order chi connectivity index (χ1) is 26.1. The summed E-state index contributed by atoms with van der Waals surface area (Å²) >= 11 is 0. The van der Waals surface area contributed by atoms with Crippen molar-refractivity contribution < 1.29 is 0 Å². The van der Waals surface area contributed by atoms with Crippen LogP contribution in [-0.2, 0) is 5.41 Å². The third kappa shape index (κ3) is 4.27. The van der Waals surface area contributed by atoms with Crippen LogP contribution in [0.2, 0.25) is 0 Å². The zero-order valence-corrected chi connectivity index (χ0v) is 29.7. The first kappa shape index (κ1) is 30.0. The molecular formula is C51H36N2. The molecule has 8 aromatic carbocycles. The smallest absolute Gasteiger partial charge is 0.0791 e. The van der Waals surface area contributed by atoms with Crippen LogP contribution in [0.15, 0.2) is 182 Å². The summed E-state index contributed by atoms with van der Waals surface area (Å²) in [6.45, 7) is 4.82. The van der Waals surface area contributed by atoms with E-state index in [0.717, 1.165) is 5.69 Å². The van der Waals surface area contributed by atoms with Gasteiger partial charge in [-0.1, -0.05) is 153 Å². The normalized spacial score (nSPS) is 13.6. The molecule has 2 aliphatic rings. The average Bonchev–Trinajstić information content (AvgIpc) is 3.67. The summed E-state index contributed by atoms with van der Waals surface area (Å²) in [5, 5.41) is 2.52. The Kier molecular flexibility index (Phi) is 6.33. The highest BCUT2D eigenvalue weighted by molar-refractivity contribution is 6.20. The molecule has 0 bridgehead atoms. The molecule has 0 fully saturated rings. The van der Waals surface area contributed by atoms with Crippen LogP contribution < -0.4 is 4.90 Å². The van der Waals surface area contributed by atoms with Crippen molar-refractivity contribution in [2.24, 2.45) is 0 Å². The molecule has 0 spiro atoms. The van der Waals surface area contributed by atoms with Crippen LogP contribution in [0.1, 0.15) is 25.0 Å². The molecule has 2 heteroatoms. The lowest BCUT2D eigenvalue weighted by atomic mass is 9.80. The Morgan fingerprint density at radius 3 is 1.72 bits per heavy atom. The van der Waals surface area contributed by atoms with Crippen LogP contribution in [0.5, 0.6) is 0 Å². The highest BCUT2D eigenvalue weighted by Crippen LogP contribution is 2.62. The van der Waals surface area contributed by atoms with Gasteiger partial charge in [0.15, 0.2) is 0 Å². The Bertz CT molecular complexity index is 2880. The molecule has 11 rings (SSSR count). The molecule has 2 nitrogen and oxygen atoms in total. The van der Waals surface area contributed by atoms with Crippen LogP contribution in [0.25, 0.3) is 72.0 Å². The van der Waals surface area contributed by atoms with Crippen molar-refractivity contribution in [2.75, 3.05) is 4.90 Å². The Balaban J connectivity index is 1.34. The van der Waals surface area contributed by atoms with E-state index in [1.807, 2.05) is 0 Å². The molecule has 250 valence electrons. The number of aromatic nitrogens is 1. The van der Waals surface area contributed by atoms with Crippen molar-refractivity contribution in [1.82, 2.24) is 4.57 Å². The fourth-order valence-corrected chi connectivity index (χ4v) is 9.18. The van der Waals surface area contributed by atoms with E-state index >= 15 is 0 Å². The van der Waals surface area contributed by atoms with E-state index in [4.69, 9.17) is 0 Å².